The van der Waals surface area contributed by atoms with Crippen LogP contribution in [0.1, 0.15) is 19.3 Å². The second kappa shape index (κ2) is 3.02. The second-order valence-electron chi connectivity index (χ2n) is 3.72. The summed E-state index contributed by atoms with van der Waals surface area (Å²) in [5.74, 6) is 1.35. The lowest BCUT2D eigenvalue weighted by Gasteiger charge is -2.22. The van der Waals surface area contributed by atoms with Crippen LogP contribution in [0.4, 0.5) is 0 Å². The SMILES string of the molecule is COC1CCC2CC(=O)C=CC21. The van der Waals surface area contributed by atoms with Gasteiger partial charge in [-0.25, -0.2) is 0 Å². The third-order valence-electron chi connectivity index (χ3n) is 3.07. The number of ketones is 1. The zero-order chi connectivity index (χ0) is 8.55. The van der Waals surface area contributed by atoms with Crippen LogP contribution in [0.2, 0.25) is 0 Å². The minimum atomic E-state index is 0.285. The fourth-order valence-corrected chi connectivity index (χ4v) is 2.41. The smallest absolute Gasteiger partial charge is 0.155 e. The summed E-state index contributed by atoms with van der Waals surface area (Å²) in [4.78, 5) is 11.1. The molecule has 3 unspecified atom stereocenters. The predicted octanol–water partition coefficient (Wildman–Crippen LogP) is 1.56. The van der Waals surface area contributed by atoms with Gasteiger partial charge in [0.25, 0.3) is 0 Å². The number of fused-ring (bicyclic) bond motifs is 1. The van der Waals surface area contributed by atoms with Gasteiger partial charge in [0.15, 0.2) is 5.78 Å². The van der Waals surface area contributed by atoms with Crippen molar-refractivity contribution in [1.82, 2.24) is 0 Å². The molecule has 66 valence electrons. The van der Waals surface area contributed by atoms with E-state index in [1.54, 1.807) is 13.2 Å². The number of ether oxygens (including phenoxy) is 1. The van der Waals surface area contributed by atoms with E-state index in [9.17, 15) is 4.79 Å². The maximum Gasteiger partial charge on any atom is 0.155 e. The molecule has 0 aromatic carbocycles. The lowest BCUT2D eigenvalue weighted by Crippen LogP contribution is -2.23. The molecule has 1 saturated carbocycles. The average Bonchev–Trinajstić information content (AvgIpc) is 2.46. The van der Waals surface area contributed by atoms with Gasteiger partial charge in [-0.2, -0.15) is 0 Å². The van der Waals surface area contributed by atoms with Crippen LogP contribution in [0, 0.1) is 11.8 Å². The summed E-state index contributed by atoms with van der Waals surface area (Å²) in [6, 6.07) is 0. The Bertz CT molecular complexity index is 220. The molecule has 2 heteroatoms. The number of allylic oxidation sites excluding steroid dienone is 1. The van der Waals surface area contributed by atoms with Crippen LogP contribution in [-0.2, 0) is 9.53 Å². The molecular formula is C10H14O2. The molecule has 0 amide bonds. The third-order valence-corrected chi connectivity index (χ3v) is 3.07. The summed E-state index contributed by atoms with van der Waals surface area (Å²) in [6.45, 7) is 0. The molecule has 12 heavy (non-hydrogen) atoms. The van der Waals surface area contributed by atoms with Crippen molar-refractivity contribution < 1.29 is 9.53 Å². The first-order valence-electron chi connectivity index (χ1n) is 4.55. The highest BCUT2D eigenvalue weighted by atomic mass is 16.5. The highest BCUT2D eigenvalue weighted by molar-refractivity contribution is 5.90. The van der Waals surface area contributed by atoms with E-state index in [-0.39, 0.29) is 5.78 Å². The molecule has 0 N–H and O–H groups in total. The summed E-state index contributed by atoms with van der Waals surface area (Å²) in [6.07, 6.45) is 7.12. The van der Waals surface area contributed by atoms with E-state index in [2.05, 4.69) is 0 Å². The minimum Gasteiger partial charge on any atom is -0.381 e. The molecule has 0 spiro atoms. The molecule has 0 aliphatic heterocycles. The Balaban J connectivity index is 2.14. The van der Waals surface area contributed by atoms with Gasteiger partial charge in [-0.05, 0) is 24.8 Å². The quantitative estimate of drug-likeness (QED) is 0.591. The van der Waals surface area contributed by atoms with E-state index in [0.717, 1.165) is 19.3 Å². The molecule has 1 fully saturated rings. The van der Waals surface area contributed by atoms with Crippen LogP contribution in [0.5, 0.6) is 0 Å². The second-order valence-corrected chi connectivity index (χ2v) is 3.72. The molecular weight excluding hydrogens is 152 g/mol. The Morgan fingerprint density at radius 2 is 2.33 bits per heavy atom. The molecule has 0 radical (unpaired) electrons. The van der Waals surface area contributed by atoms with Gasteiger partial charge in [0, 0.05) is 19.4 Å². The molecule has 0 bridgehead atoms. The van der Waals surface area contributed by atoms with Crippen LogP contribution < -0.4 is 0 Å². The van der Waals surface area contributed by atoms with Gasteiger partial charge in [0.1, 0.15) is 0 Å². The van der Waals surface area contributed by atoms with Gasteiger partial charge < -0.3 is 4.74 Å². The van der Waals surface area contributed by atoms with Crippen LogP contribution in [0.15, 0.2) is 12.2 Å². The molecule has 3 atom stereocenters. The number of carbonyl (C=O) groups excluding carboxylic acids is 1. The first-order valence-corrected chi connectivity index (χ1v) is 4.55. The Kier molecular flexibility index (Phi) is 2.01. The molecule has 2 rings (SSSR count). The molecule has 0 aromatic rings. The normalized spacial score (nSPS) is 40.1. The largest absolute Gasteiger partial charge is 0.381 e. The van der Waals surface area contributed by atoms with Crippen molar-refractivity contribution >= 4 is 5.78 Å². The summed E-state index contributed by atoms with van der Waals surface area (Å²) in [7, 11) is 1.76. The summed E-state index contributed by atoms with van der Waals surface area (Å²) in [5, 5.41) is 0. The number of carbonyl (C=O) groups is 1. The first-order chi connectivity index (χ1) is 5.81. The van der Waals surface area contributed by atoms with Crippen LogP contribution in [-0.4, -0.2) is 19.0 Å². The fraction of sp³-hybridized carbons (Fsp3) is 0.700. The predicted molar refractivity (Wildman–Crippen MR) is 45.8 cm³/mol. The van der Waals surface area contributed by atoms with Crippen molar-refractivity contribution in [2.75, 3.05) is 7.11 Å². The Morgan fingerprint density at radius 1 is 1.50 bits per heavy atom. The molecule has 0 heterocycles. The standard InChI is InChI=1S/C10H14O2/c1-12-10-5-2-7-6-8(11)3-4-9(7)10/h3-4,7,9-10H,2,5-6H2,1H3. The van der Waals surface area contributed by atoms with Gasteiger partial charge in [-0.15, -0.1) is 0 Å². The average molecular weight is 166 g/mol. The Morgan fingerprint density at radius 3 is 3.08 bits per heavy atom. The molecule has 0 aromatic heterocycles. The minimum absolute atomic E-state index is 0.285. The van der Waals surface area contributed by atoms with E-state index >= 15 is 0 Å². The number of rotatable bonds is 1. The van der Waals surface area contributed by atoms with Crippen molar-refractivity contribution in [3.8, 4) is 0 Å². The van der Waals surface area contributed by atoms with E-state index in [1.807, 2.05) is 6.08 Å². The van der Waals surface area contributed by atoms with Gasteiger partial charge in [0.05, 0.1) is 6.10 Å². The van der Waals surface area contributed by atoms with E-state index < -0.39 is 0 Å². The van der Waals surface area contributed by atoms with Crippen LogP contribution >= 0.6 is 0 Å². The lowest BCUT2D eigenvalue weighted by molar-refractivity contribution is -0.116. The lowest BCUT2D eigenvalue weighted by atomic mass is 9.85. The van der Waals surface area contributed by atoms with E-state index in [1.165, 1.54) is 0 Å². The summed E-state index contributed by atoms with van der Waals surface area (Å²) < 4.78 is 5.35. The monoisotopic (exact) mass is 166 g/mol. The highest BCUT2D eigenvalue weighted by Gasteiger charge is 2.37. The highest BCUT2D eigenvalue weighted by Crippen LogP contribution is 2.39. The van der Waals surface area contributed by atoms with Crippen molar-refractivity contribution in [1.29, 1.82) is 0 Å². The van der Waals surface area contributed by atoms with Crippen LogP contribution in [0.25, 0.3) is 0 Å². The first kappa shape index (κ1) is 7.99. The molecule has 2 aliphatic rings. The van der Waals surface area contributed by atoms with Gasteiger partial charge in [0.2, 0.25) is 0 Å². The maximum atomic E-state index is 11.1. The maximum absolute atomic E-state index is 11.1. The van der Waals surface area contributed by atoms with Crippen molar-refractivity contribution in [2.24, 2.45) is 11.8 Å². The topological polar surface area (TPSA) is 26.3 Å². The number of hydrogen-bond acceptors (Lipinski definition) is 2. The van der Waals surface area contributed by atoms with Gasteiger partial charge in [-0.1, -0.05) is 6.08 Å². The number of hydrogen-bond donors (Lipinski definition) is 0. The van der Waals surface area contributed by atoms with E-state index in [0.29, 0.717) is 17.9 Å². The third kappa shape index (κ3) is 1.20. The zero-order valence-corrected chi connectivity index (χ0v) is 7.32. The molecule has 2 aliphatic carbocycles. The van der Waals surface area contributed by atoms with Crippen LogP contribution in [0.3, 0.4) is 0 Å². The van der Waals surface area contributed by atoms with E-state index in [4.69, 9.17) is 4.74 Å². The molecule has 2 nitrogen and oxygen atoms in total. The molecule has 0 saturated heterocycles. The van der Waals surface area contributed by atoms with Crippen molar-refractivity contribution in [3.05, 3.63) is 12.2 Å². The number of methoxy groups -OCH3 is 1. The van der Waals surface area contributed by atoms with Crippen molar-refractivity contribution in [2.45, 2.75) is 25.4 Å². The summed E-state index contributed by atoms with van der Waals surface area (Å²) in [5.41, 5.74) is 0. The Labute approximate surface area is 72.6 Å². The van der Waals surface area contributed by atoms with Gasteiger partial charge in [-0.3, -0.25) is 4.79 Å². The Hall–Kier alpha value is -0.630. The summed E-state index contributed by atoms with van der Waals surface area (Å²) >= 11 is 0. The van der Waals surface area contributed by atoms with Gasteiger partial charge >= 0.3 is 0 Å². The van der Waals surface area contributed by atoms with Crippen molar-refractivity contribution in [3.63, 3.8) is 0 Å². The zero-order valence-electron chi connectivity index (χ0n) is 7.32. The fourth-order valence-electron chi connectivity index (χ4n) is 2.41.